The fraction of sp³-hybridized carbons (Fsp3) is 0.273. The molecule has 2 heterocycles. The number of hydrogen-bond acceptors (Lipinski definition) is 5. The van der Waals surface area contributed by atoms with Crippen LogP contribution in [0.4, 0.5) is 11.5 Å². The average Bonchev–Trinajstić information content (AvgIpc) is 2.79. The summed E-state index contributed by atoms with van der Waals surface area (Å²) >= 11 is 1.60. The van der Waals surface area contributed by atoms with Crippen LogP contribution in [0.2, 0.25) is 0 Å². The molecule has 0 aromatic carbocycles. The molecule has 0 unspecified atom stereocenters. The predicted octanol–water partition coefficient (Wildman–Crippen LogP) is 2.22. The first-order valence-corrected chi connectivity index (χ1v) is 5.94. The van der Waals surface area contributed by atoms with Crippen molar-refractivity contribution < 1.29 is 0 Å². The molecule has 2 aromatic heterocycles. The molecule has 4 nitrogen and oxygen atoms in total. The maximum absolute atomic E-state index is 4.26. The molecular weight excluding hydrogens is 220 g/mol. The lowest BCUT2D eigenvalue weighted by Crippen LogP contribution is -2.09. The Kier molecular flexibility index (Phi) is 3.36. The lowest BCUT2D eigenvalue weighted by molar-refractivity contribution is 1.05. The van der Waals surface area contributed by atoms with Crippen LogP contribution in [0.25, 0.3) is 0 Å². The lowest BCUT2D eigenvalue weighted by atomic mass is 10.3. The van der Waals surface area contributed by atoms with Gasteiger partial charge in [0.15, 0.2) is 0 Å². The number of hydrogen-bond donors (Lipinski definition) is 1. The van der Waals surface area contributed by atoms with Gasteiger partial charge < -0.3 is 10.2 Å². The number of nitrogens with zero attached hydrogens (tertiary/aromatic N) is 3. The van der Waals surface area contributed by atoms with E-state index in [1.54, 1.807) is 17.5 Å². The Bertz CT molecular complexity index is 439. The molecule has 1 N–H and O–H groups in total. The van der Waals surface area contributed by atoms with Crippen LogP contribution in [0.3, 0.4) is 0 Å². The number of pyridine rings is 1. The summed E-state index contributed by atoms with van der Waals surface area (Å²) < 4.78 is 0. The molecule has 0 amide bonds. The van der Waals surface area contributed by atoms with Crippen LogP contribution in [-0.4, -0.2) is 24.1 Å². The minimum Gasteiger partial charge on any atom is -0.378 e. The molecule has 0 atom stereocenters. The van der Waals surface area contributed by atoms with E-state index in [9.17, 15) is 0 Å². The van der Waals surface area contributed by atoms with Gasteiger partial charge in [-0.3, -0.25) is 0 Å². The number of rotatable bonds is 4. The molecule has 0 spiro atoms. The standard InChI is InChI=1S/C11H14N4S/c1-15(2)10-3-4-12-11(5-10)13-6-9-7-16-8-14-9/h3-5,7-8H,6H2,1-2H3,(H,12,13). The largest absolute Gasteiger partial charge is 0.378 e. The minimum atomic E-state index is 0.716. The maximum atomic E-state index is 4.26. The van der Waals surface area contributed by atoms with Gasteiger partial charge in [-0.15, -0.1) is 11.3 Å². The van der Waals surface area contributed by atoms with E-state index in [0.29, 0.717) is 6.54 Å². The molecule has 0 radical (unpaired) electrons. The SMILES string of the molecule is CN(C)c1ccnc(NCc2cscn2)c1. The Balaban J connectivity index is 2.01. The van der Waals surface area contributed by atoms with Gasteiger partial charge in [-0.1, -0.05) is 0 Å². The lowest BCUT2D eigenvalue weighted by Gasteiger charge is -2.13. The molecule has 84 valence electrons. The summed E-state index contributed by atoms with van der Waals surface area (Å²) in [6.07, 6.45) is 1.80. The molecule has 5 heteroatoms. The van der Waals surface area contributed by atoms with Crippen molar-refractivity contribution in [2.45, 2.75) is 6.54 Å². The van der Waals surface area contributed by atoms with Crippen molar-refractivity contribution in [2.24, 2.45) is 0 Å². The minimum absolute atomic E-state index is 0.716. The van der Waals surface area contributed by atoms with Gasteiger partial charge in [0.05, 0.1) is 17.7 Å². The van der Waals surface area contributed by atoms with Gasteiger partial charge in [0.2, 0.25) is 0 Å². The molecule has 2 rings (SSSR count). The fourth-order valence-corrected chi connectivity index (χ4v) is 1.86. The molecule has 0 aliphatic carbocycles. The summed E-state index contributed by atoms with van der Waals surface area (Å²) in [5, 5.41) is 5.28. The van der Waals surface area contributed by atoms with E-state index < -0.39 is 0 Å². The van der Waals surface area contributed by atoms with Crippen molar-refractivity contribution in [3.8, 4) is 0 Å². The highest BCUT2D eigenvalue weighted by atomic mass is 32.1. The van der Waals surface area contributed by atoms with E-state index in [1.807, 2.05) is 37.1 Å². The van der Waals surface area contributed by atoms with Crippen molar-refractivity contribution in [1.82, 2.24) is 9.97 Å². The maximum Gasteiger partial charge on any atom is 0.128 e. The first-order chi connectivity index (χ1) is 7.75. The van der Waals surface area contributed by atoms with E-state index in [4.69, 9.17) is 0 Å². The van der Waals surface area contributed by atoms with E-state index in [-0.39, 0.29) is 0 Å². The van der Waals surface area contributed by atoms with Crippen molar-refractivity contribution in [3.63, 3.8) is 0 Å². The summed E-state index contributed by atoms with van der Waals surface area (Å²) in [6.45, 7) is 0.716. The zero-order chi connectivity index (χ0) is 11.4. The van der Waals surface area contributed by atoms with Crippen LogP contribution >= 0.6 is 11.3 Å². The summed E-state index contributed by atoms with van der Waals surface area (Å²) in [5.74, 6) is 0.874. The first-order valence-electron chi connectivity index (χ1n) is 5.00. The first kappa shape index (κ1) is 10.9. The Morgan fingerprint density at radius 1 is 1.38 bits per heavy atom. The van der Waals surface area contributed by atoms with E-state index >= 15 is 0 Å². The molecule has 16 heavy (non-hydrogen) atoms. The topological polar surface area (TPSA) is 41.1 Å². The van der Waals surface area contributed by atoms with Crippen molar-refractivity contribution in [1.29, 1.82) is 0 Å². The fourth-order valence-electron chi connectivity index (χ4n) is 1.30. The predicted molar refractivity (Wildman–Crippen MR) is 68.0 cm³/mol. The Morgan fingerprint density at radius 3 is 2.94 bits per heavy atom. The number of aromatic nitrogens is 2. The highest BCUT2D eigenvalue weighted by Gasteiger charge is 1.99. The number of thiazole rings is 1. The van der Waals surface area contributed by atoms with Gasteiger partial charge >= 0.3 is 0 Å². The van der Waals surface area contributed by atoms with Crippen LogP contribution in [-0.2, 0) is 6.54 Å². The molecule has 0 aliphatic heterocycles. The number of anilines is 2. The second-order valence-corrected chi connectivity index (χ2v) is 4.35. The van der Waals surface area contributed by atoms with Gasteiger partial charge in [-0.2, -0.15) is 0 Å². The van der Waals surface area contributed by atoms with Gasteiger partial charge in [0.1, 0.15) is 5.82 Å². The second kappa shape index (κ2) is 4.94. The molecule has 0 aliphatic rings. The Morgan fingerprint density at radius 2 is 2.25 bits per heavy atom. The molecule has 0 saturated carbocycles. The molecule has 0 saturated heterocycles. The molecule has 0 bridgehead atoms. The summed E-state index contributed by atoms with van der Waals surface area (Å²) in [6, 6.07) is 4.00. The summed E-state index contributed by atoms with van der Waals surface area (Å²) in [4.78, 5) is 10.5. The second-order valence-electron chi connectivity index (χ2n) is 3.63. The normalized spacial score (nSPS) is 10.1. The van der Waals surface area contributed by atoms with Gasteiger partial charge in [-0.25, -0.2) is 9.97 Å². The smallest absolute Gasteiger partial charge is 0.128 e. The van der Waals surface area contributed by atoms with E-state index in [0.717, 1.165) is 17.2 Å². The third-order valence-corrected chi connectivity index (χ3v) is 2.83. The summed E-state index contributed by atoms with van der Waals surface area (Å²) in [7, 11) is 4.03. The Hall–Kier alpha value is -1.62. The third kappa shape index (κ3) is 2.70. The van der Waals surface area contributed by atoms with E-state index in [2.05, 4.69) is 20.2 Å². The Labute approximate surface area is 99.0 Å². The van der Waals surface area contributed by atoms with E-state index in [1.165, 1.54) is 0 Å². The monoisotopic (exact) mass is 234 g/mol. The van der Waals surface area contributed by atoms with Gasteiger partial charge in [-0.05, 0) is 6.07 Å². The molecular formula is C11H14N4S. The molecule has 0 fully saturated rings. The van der Waals surface area contributed by atoms with Crippen molar-refractivity contribution in [2.75, 3.05) is 24.3 Å². The van der Waals surface area contributed by atoms with Crippen molar-refractivity contribution >= 4 is 22.8 Å². The zero-order valence-electron chi connectivity index (χ0n) is 9.34. The quantitative estimate of drug-likeness (QED) is 0.880. The van der Waals surface area contributed by atoms with Crippen LogP contribution in [0.1, 0.15) is 5.69 Å². The highest BCUT2D eigenvalue weighted by molar-refractivity contribution is 7.07. The average molecular weight is 234 g/mol. The zero-order valence-corrected chi connectivity index (χ0v) is 10.2. The van der Waals surface area contributed by atoms with Crippen molar-refractivity contribution in [3.05, 3.63) is 34.9 Å². The van der Waals surface area contributed by atoms with Gasteiger partial charge in [0, 0.05) is 37.4 Å². The van der Waals surface area contributed by atoms with Crippen LogP contribution < -0.4 is 10.2 Å². The third-order valence-electron chi connectivity index (χ3n) is 2.19. The van der Waals surface area contributed by atoms with Crippen LogP contribution in [0.5, 0.6) is 0 Å². The highest BCUT2D eigenvalue weighted by Crippen LogP contribution is 2.15. The van der Waals surface area contributed by atoms with Gasteiger partial charge in [0.25, 0.3) is 0 Å². The number of nitrogens with one attached hydrogen (secondary N) is 1. The summed E-state index contributed by atoms with van der Waals surface area (Å²) in [5.41, 5.74) is 4.01. The molecule has 2 aromatic rings. The van der Waals surface area contributed by atoms with Crippen LogP contribution in [0, 0.1) is 0 Å². The van der Waals surface area contributed by atoms with Crippen LogP contribution in [0.15, 0.2) is 29.2 Å².